The van der Waals surface area contributed by atoms with Crippen LogP contribution in [0.25, 0.3) is 0 Å². The number of ether oxygens (including phenoxy) is 2. The zero-order valence-electron chi connectivity index (χ0n) is 9.22. The highest BCUT2D eigenvalue weighted by atomic mass is 16.6. The molecule has 0 unspecified atom stereocenters. The maximum atomic E-state index is 11.2. The third-order valence-corrected chi connectivity index (χ3v) is 1.31. The highest BCUT2D eigenvalue weighted by molar-refractivity contribution is 5.68. The normalized spacial score (nSPS) is 12.5. The molecule has 0 aliphatic heterocycles. The fourth-order valence-corrected chi connectivity index (χ4v) is 0.600. The quantitative estimate of drug-likeness (QED) is 0.675. The molecule has 0 aromatic heterocycles. The van der Waals surface area contributed by atoms with Crippen LogP contribution in [-0.4, -0.2) is 24.5 Å². The minimum atomic E-state index is -0.692. The summed E-state index contributed by atoms with van der Waals surface area (Å²) < 4.78 is 10.1. The summed E-state index contributed by atoms with van der Waals surface area (Å²) in [6.07, 6.45) is -0.473. The first-order valence-electron chi connectivity index (χ1n) is 4.22. The second kappa shape index (κ2) is 3.96. The molecular formula is C9H19NO3. The molecule has 0 saturated carbocycles. The highest BCUT2D eigenvalue weighted by Gasteiger charge is 2.23. The van der Waals surface area contributed by atoms with Crippen LogP contribution in [-0.2, 0) is 9.47 Å². The average molecular weight is 189 g/mol. The first-order valence-corrected chi connectivity index (χ1v) is 4.22. The lowest BCUT2D eigenvalue weighted by molar-refractivity contribution is -0.0208. The van der Waals surface area contributed by atoms with Gasteiger partial charge >= 0.3 is 6.09 Å². The highest BCUT2D eigenvalue weighted by Crippen LogP contribution is 2.09. The van der Waals surface area contributed by atoms with Crippen molar-refractivity contribution in [2.24, 2.45) is 0 Å². The standard InChI is InChI=1S/C9H19NO3/c1-8(2,3)13-7(11)10-9(4,5)12-6/h1-6H3,(H,10,11). The van der Waals surface area contributed by atoms with E-state index in [0.717, 1.165) is 0 Å². The van der Waals surface area contributed by atoms with Crippen LogP contribution in [0.3, 0.4) is 0 Å². The number of carbonyl (C=O) groups is 1. The first kappa shape index (κ1) is 12.2. The van der Waals surface area contributed by atoms with Gasteiger partial charge in [-0.25, -0.2) is 4.79 Å². The van der Waals surface area contributed by atoms with Crippen molar-refractivity contribution < 1.29 is 14.3 Å². The number of carbonyl (C=O) groups excluding carboxylic acids is 1. The molecule has 0 heterocycles. The maximum absolute atomic E-state index is 11.2. The second-order valence-electron chi connectivity index (χ2n) is 4.34. The lowest BCUT2D eigenvalue weighted by atomic mass is 10.2. The summed E-state index contributed by atoms with van der Waals surface area (Å²) >= 11 is 0. The van der Waals surface area contributed by atoms with Crippen LogP contribution in [0, 0.1) is 0 Å². The number of methoxy groups -OCH3 is 1. The summed E-state index contributed by atoms with van der Waals surface area (Å²) in [6.45, 7) is 8.93. The summed E-state index contributed by atoms with van der Waals surface area (Å²) in [7, 11) is 1.53. The van der Waals surface area contributed by atoms with Crippen LogP contribution in [0.1, 0.15) is 34.6 Å². The molecule has 0 aromatic rings. The van der Waals surface area contributed by atoms with Crippen LogP contribution >= 0.6 is 0 Å². The number of amides is 1. The van der Waals surface area contributed by atoms with Crippen molar-refractivity contribution in [2.45, 2.75) is 45.9 Å². The molecule has 0 rings (SSSR count). The van der Waals surface area contributed by atoms with Gasteiger partial charge < -0.3 is 9.47 Å². The van der Waals surface area contributed by atoms with E-state index < -0.39 is 17.4 Å². The molecule has 4 heteroatoms. The summed E-state index contributed by atoms with van der Waals surface area (Å²) in [5.41, 5.74) is -1.17. The van der Waals surface area contributed by atoms with Gasteiger partial charge in [0.2, 0.25) is 0 Å². The summed E-state index contributed by atoms with van der Waals surface area (Å²) in [5.74, 6) is 0. The van der Waals surface area contributed by atoms with Gasteiger partial charge in [-0.3, -0.25) is 5.32 Å². The van der Waals surface area contributed by atoms with E-state index in [-0.39, 0.29) is 0 Å². The molecule has 0 aromatic carbocycles. The smallest absolute Gasteiger partial charge is 0.409 e. The number of hydrogen-bond donors (Lipinski definition) is 1. The topological polar surface area (TPSA) is 47.6 Å². The Kier molecular flexibility index (Phi) is 3.72. The predicted molar refractivity (Wildman–Crippen MR) is 50.5 cm³/mol. The maximum Gasteiger partial charge on any atom is 0.409 e. The van der Waals surface area contributed by atoms with Gasteiger partial charge in [0.1, 0.15) is 11.3 Å². The van der Waals surface area contributed by atoms with Gasteiger partial charge in [-0.05, 0) is 34.6 Å². The number of hydrogen-bond acceptors (Lipinski definition) is 3. The fourth-order valence-electron chi connectivity index (χ4n) is 0.600. The van der Waals surface area contributed by atoms with Gasteiger partial charge in [-0.1, -0.05) is 0 Å². The molecule has 0 spiro atoms. The minimum Gasteiger partial charge on any atom is -0.444 e. The van der Waals surface area contributed by atoms with Crippen LogP contribution in [0.5, 0.6) is 0 Å². The van der Waals surface area contributed by atoms with Crippen molar-refractivity contribution in [3.63, 3.8) is 0 Å². The van der Waals surface area contributed by atoms with E-state index in [9.17, 15) is 4.79 Å². The largest absolute Gasteiger partial charge is 0.444 e. The minimum absolute atomic E-state index is 0.473. The van der Waals surface area contributed by atoms with Crippen LogP contribution in [0.2, 0.25) is 0 Å². The number of nitrogens with one attached hydrogen (secondary N) is 1. The predicted octanol–water partition coefficient (Wildman–Crippen LogP) is 1.89. The van der Waals surface area contributed by atoms with Gasteiger partial charge in [-0.15, -0.1) is 0 Å². The van der Waals surface area contributed by atoms with Crippen LogP contribution < -0.4 is 5.32 Å². The zero-order chi connectivity index (χ0) is 10.7. The van der Waals surface area contributed by atoms with Gasteiger partial charge in [0.05, 0.1) is 0 Å². The molecular weight excluding hydrogens is 170 g/mol. The van der Waals surface area contributed by atoms with Crippen molar-refractivity contribution in [3.8, 4) is 0 Å². The molecule has 78 valence electrons. The van der Waals surface area contributed by atoms with Crippen LogP contribution in [0.4, 0.5) is 4.79 Å². The molecule has 4 nitrogen and oxygen atoms in total. The SMILES string of the molecule is COC(C)(C)NC(=O)OC(C)(C)C. The summed E-state index contributed by atoms with van der Waals surface area (Å²) in [4.78, 5) is 11.2. The van der Waals surface area contributed by atoms with Gasteiger partial charge in [0, 0.05) is 7.11 Å². The Hall–Kier alpha value is -0.770. The van der Waals surface area contributed by atoms with E-state index in [1.165, 1.54) is 7.11 Å². The second-order valence-corrected chi connectivity index (χ2v) is 4.34. The van der Waals surface area contributed by atoms with Crippen molar-refractivity contribution in [3.05, 3.63) is 0 Å². The molecule has 0 fully saturated rings. The van der Waals surface area contributed by atoms with Crippen molar-refractivity contribution in [2.75, 3.05) is 7.11 Å². The Bertz CT molecular complexity index is 182. The zero-order valence-corrected chi connectivity index (χ0v) is 9.22. The van der Waals surface area contributed by atoms with Gasteiger partial charge in [0.25, 0.3) is 0 Å². The van der Waals surface area contributed by atoms with Gasteiger partial charge in [0.15, 0.2) is 0 Å². The third kappa shape index (κ3) is 6.40. The van der Waals surface area contributed by atoms with E-state index in [2.05, 4.69) is 5.32 Å². The van der Waals surface area contributed by atoms with E-state index in [4.69, 9.17) is 9.47 Å². The molecule has 1 amide bonds. The third-order valence-electron chi connectivity index (χ3n) is 1.31. The Morgan fingerprint density at radius 1 is 1.15 bits per heavy atom. The Morgan fingerprint density at radius 3 is 1.92 bits per heavy atom. The number of alkyl carbamates (subject to hydrolysis) is 1. The Balaban J connectivity index is 4.03. The van der Waals surface area contributed by atoms with E-state index in [0.29, 0.717) is 0 Å². The lowest BCUT2D eigenvalue weighted by Gasteiger charge is -2.27. The molecule has 1 N–H and O–H groups in total. The van der Waals surface area contributed by atoms with Crippen molar-refractivity contribution >= 4 is 6.09 Å². The molecule has 0 radical (unpaired) electrons. The van der Waals surface area contributed by atoms with Crippen molar-refractivity contribution in [1.82, 2.24) is 5.32 Å². The van der Waals surface area contributed by atoms with E-state index in [1.54, 1.807) is 13.8 Å². The molecule has 13 heavy (non-hydrogen) atoms. The summed E-state index contributed by atoms with van der Waals surface area (Å²) in [6, 6.07) is 0. The first-order chi connectivity index (χ1) is 5.66. The van der Waals surface area contributed by atoms with Gasteiger partial charge in [-0.2, -0.15) is 0 Å². The van der Waals surface area contributed by atoms with Crippen molar-refractivity contribution in [1.29, 1.82) is 0 Å². The monoisotopic (exact) mass is 189 g/mol. The number of rotatable bonds is 2. The van der Waals surface area contributed by atoms with Crippen LogP contribution in [0.15, 0.2) is 0 Å². The Morgan fingerprint density at radius 2 is 1.62 bits per heavy atom. The average Bonchev–Trinajstić information content (AvgIpc) is 1.81. The molecule has 0 bridgehead atoms. The lowest BCUT2D eigenvalue weighted by Crippen LogP contribution is -2.46. The fraction of sp³-hybridized carbons (Fsp3) is 0.889. The van der Waals surface area contributed by atoms with E-state index >= 15 is 0 Å². The van der Waals surface area contributed by atoms with E-state index in [1.807, 2.05) is 20.8 Å². The summed E-state index contributed by atoms with van der Waals surface area (Å²) in [5, 5.41) is 2.58. The molecule has 0 atom stereocenters. The molecule has 0 aliphatic carbocycles. The molecule has 0 saturated heterocycles. The Labute approximate surface area is 79.6 Å². The molecule has 0 aliphatic rings.